The van der Waals surface area contributed by atoms with Gasteiger partial charge in [0.1, 0.15) is 5.75 Å². The number of carbonyl (C=O) groups is 1. The van der Waals surface area contributed by atoms with E-state index >= 15 is 0 Å². The SMILES string of the molecule is CNc1nc(Cl)nc(-c2ccc(OC(N)=O)cc2)n1. The molecule has 0 radical (unpaired) electrons. The maximum Gasteiger partial charge on any atom is 0.409 e. The smallest absolute Gasteiger partial charge is 0.409 e. The summed E-state index contributed by atoms with van der Waals surface area (Å²) in [5, 5.41) is 2.87. The summed E-state index contributed by atoms with van der Waals surface area (Å²) in [7, 11) is 1.68. The summed E-state index contributed by atoms with van der Waals surface area (Å²) >= 11 is 5.79. The second-order valence-corrected chi connectivity index (χ2v) is 3.79. The van der Waals surface area contributed by atoms with Gasteiger partial charge in [-0.2, -0.15) is 15.0 Å². The monoisotopic (exact) mass is 279 g/mol. The average molecular weight is 280 g/mol. The Morgan fingerprint density at radius 2 is 1.95 bits per heavy atom. The van der Waals surface area contributed by atoms with E-state index in [0.717, 1.165) is 0 Å². The Hall–Kier alpha value is -2.41. The number of nitrogens with zero attached hydrogens (tertiary/aromatic N) is 3. The van der Waals surface area contributed by atoms with Gasteiger partial charge in [0.15, 0.2) is 5.82 Å². The van der Waals surface area contributed by atoms with Crippen LogP contribution in [0.15, 0.2) is 24.3 Å². The van der Waals surface area contributed by atoms with Crippen LogP contribution in [0.1, 0.15) is 0 Å². The molecule has 0 atom stereocenters. The minimum Gasteiger partial charge on any atom is -0.411 e. The Bertz CT molecular complexity index is 603. The first-order valence-corrected chi connectivity index (χ1v) is 5.63. The van der Waals surface area contributed by atoms with Crippen molar-refractivity contribution in [1.29, 1.82) is 0 Å². The van der Waals surface area contributed by atoms with E-state index in [0.29, 0.717) is 23.1 Å². The summed E-state index contributed by atoms with van der Waals surface area (Å²) in [6.07, 6.45) is -0.867. The Morgan fingerprint density at radius 1 is 1.26 bits per heavy atom. The predicted octanol–water partition coefficient (Wildman–Crippen LogP) is 1.69. The second kappa shape index (κ2) is 5.49. The fourth-order valence-electron chi connectivity index (χ4n) is 1.38. The number of amides is 1. The lowest BCUT2D eigenvalue weighted by Gasteiger charge is -2.05. The van der Waals surface area contributed by atoms with E-state index in [1.807, 2.05) is 0 Å². The van der Waals surface area contributed by atoms with Crippen molar-refractivity contribution < 1.29 is 9.53 Å². The van der Waals surface area contributed by atoms with E-state index in [9.17, 15) is 4.79 Å². The Labute approximate surface area is 113 Å². The molecule has 8 heteroatoms. The molecule has 1 aromatic carbocycles. The van der Waals surface area contributed by atoms with Gasteiger partial charge in [-0.1, -0.05) is 0 Å². The zero-order chi connectivity index (χ0) is 13.8. The molecule has 1 amide bonds. The number of rotatable bonds is 3. The molecule has 0 aliphatic carbocycles. The van der Waals surface area contributed by atoms with Gasteiger partial charge in [-0.25, -0.2) is 4.79 Å². The lowest BCUT2D eigenvalue weighted by atomic mass is 10.2. The number of hydrogen-bond donors (Lipinski definition) is 2. The van der Waals surface area contributed by atoms with Crippen LogP contribution < -0.4 is 15.8 Å². The molecule has 0 saturated carbocycles. The third-order valence-corrected chi connectivity index (χ3v) is 2.33. The number of nitrogens with one attached hydrogen (secondary N) is 1. The molecule has 0 saturated heterocycles. The second-order valence-electron chi connectivity index (χ2n) is 3.45. The molecule has 3 N–H and O–H groups in total. The first kappa shape index (κ1) is 13.0. The number of hydrogen-bond acceptors (Lipinski definition) is 6. The highest BCUT2D eigenvalue weighted by Crippen LogP contribution is 2.21. The number of ether oxygens (including phenoxy) is 1. The molecular weight excluding hydrogens is 270 g/mol. The average Bonchev–Trinajstić information content (AvgIpc) is 2.38. The number of aromatic nitrogens is 3. The van der Waals surface area contributed by atoms with Crippen LogP contribution in [-0.4, -0.2) is 28.1 Å². The number of anilines is 1. The normalized spacial score (nSPS) is 10.0. The summed E-state index contributed by atoms with van der Waals surface area (Å²) in [5.74, 6) is 1.12. The summed E-state index contributed by atoms with van der Waals surface area (Å²) in [6, 6.07) is 6.53. The van der Waals surface area contributed by atoms with Crippen molar-refractivity contribution in [3.05, 3.63) is 29.5 Å². The fourth-order valence-corrected chi connectivity index (χ4v) is 1.54. The van der Waals surface area contributed by atoms with Crippen molar-refractivity contribution in [3.63, 3.8) is 0 Å². The van der Waals surface area contributed by atoms with Gasteiger partial charge in [0.2, 0.25) is 11.2 Å². The van der Waals surface area contributed by atoms with Crippen LogP contribution in [0.25, 0.3) is 11.4 Å². The topological polar surface area (TPSA) is 103 Å². The van der Waals surface area contributed by atoms with Crippen LogP contribution in [0, 0.1) is 0 Å². The highest BCUT2D eigenvalue weighted by molar-refractivity contribution is 6.28. The molecule has 0 aliphatic heterocycles. The molecule has 0 bridgehead atoms. The van der Waals surface area contributed by atoms with Gasteiger partial charge in [-0.3, -0.25) is 0 Å². The number of halogens is 1. The standard InChI is InChI=1S/C11H10ClN5O2/c1-14-11-16-8(15-9(12)17-11)6-2-4-7(5-3-6)19-10(13)18/h2-5H,1H3,(H2,13,18)(H,14,15,16,17). The van der Waals surface area contributed by atoms with Crippen molar-refractivity contribution in [2.75, 3.05) is 12.4 Å². The van der Waals surface area contributed by atoms with Gasteiger partial charge < -0.3 is 15.8 Å². The highest BCUT2D eigenvalue weighted by atomic mass is 35.5. The van der Waals surface area contributed by atoms with E-state index < -0.39 is 6.09 Å². The van der Waals surface area contributed by atoms with Crippen LogP contribution in [0.5, 0.6) is 5.75 Å². The molecule has 2 rings (SSSR count). The maximum absolute atomic E-state index is 10.6. The van der Waals surface area contributed by atoms with Crippen LogP contribution in [0.3, 0.4) is 0 Å². The van der Waals surface area contributed by atoms with Gasteiger partial charge in [-0.15, -0.1) is 0 Å². The van der Waals surface area contributed by atoms with E-state index in [2.05, 4.69) is 20.3 Å². The molecular formula is C11H10ClN5O2. The number of benzene rings is 1. The van der Waals surface area contributed by atoms with E-state index in [1.54, 1.807) is 31.3 Å². The number of nitrogens with two attached hydrogens (primary N) is 1. The Balaban J connectivity index is 2.31. The molecule has 7 nitrogen and oxygen atoms in total. The predicted molar refractivity (Wildman–Crippen MR) is 70.0 cm³/mol. The summed E-state index contributed by atoms with van der Waals surface area (Å²) < 4.78 is 4.72. The molecule has 2 aromatic rings. The first-order chi connectivity index (χ1) is 9.08. The zero-order valence-corrected chi connectivity index (χ0v) is 10.7. The number of carbonyl (C=O) groups excluding carboxylic acids is 1. The van der Waals surface area contributed by atoms with Crippen LogP contribution in [0.2, 0.25) is 5.28 Å². The summed E-state index contributed by atoms with van der Waals surface area (Å²) in [5.41, 5.74) is 5.62. The van der Waals surface area contributed by atoms with Crippen LogP contribution >= 0.6 is 11.6 Å². The molecule has 0 fully saturated rings. The molecule has 0 aliphatic rings. The first-order valence-electron chi connectivity index (χ1n) is 5.25. The Morgan fingerprint density at radius 3 is 2.53 bits per heavy atom. The van der Waals surface area contributed by atoms with E-state index in [-0.39, 0.29) is 5.28 Å². The van der Waals surface area contributed by atoms with Gasteiger partial charge >= 0.3 is 6.09 Å². The van der Waals surface area contributed by atoms with Gasteiger partial charge in [0, 0.05) is 12.6 Å². The maximum atomic E-state index is 10.6. The van der Waals surface area contributed by atoms with E-state index in [1.165, 1.54) is 0 Å². The highest BCUT2D eigenvalue weighted by Gasteiger charge is 2.07. The van der Waals surface area contributed by atoms with E-state index in [4.69, 9.17) is 22.1 Å². The third-order valence-electron chi connectivity index (χ3n) is 2.16. The van der Waals surface area contributed by atoms with Crippen molar-refractivity contribution in [1.82, 2.24) is 15.0 Å². The largest absolute Gasteiger partial charge is 0.411 e. The van der Waals surface area contributed by atoms with Crippen molar-refractivity contribution in [3.8, 4) is 17.1 Å². The molecule has 1 aromatic heterocycles. The Kier molecular flexibility index (Phi) is 3.76. The van der Waals surface area contributed by atoms with Crippen LogP contribution in [0.4, 0.5) is 10.7 Å². The third kappa shape index (κ3) is 3.29. The molecule has 0 unspecified atom stereocenters. The molecule has 98 valence electrons. The zero-order valence-electron chi connectivity index (χ0n) is 9.92. The lowest BCUT2D eigenvalue weighted by molar-refractivity contribution is 0.211. The minimum absolute atomic E-state index is 0.0896. The van der Waals surface area contributed by atoms with Crippen molar-refractivity contribution in [2.24, 2.45) is 5.73 Å². The molecule has 0 spiro atoms. The van der Waals surface area contributed by atoms with Gasteiger partial charge in [-0.05, 0) is 35.9 Å². The van der Waals surface area contributed by atoms with Gasteiger partial charge in [0.05, 0.1) is 0 Å². The van der Waals surface area contributed by atoms with Gasteiger partial charge in [0.25, 0.3) is 0 Å². The minimum atomic E-state index is -0.867. The summed E-state index contributed by atoms with van der Waals surface area (Å²) in [6.45, 7) is 0. The summed E-state index contributed by atoms with van der Waals surface area (Å²) in [4.78, 5) is 22.7. The fraction of sp³-hybridized carbons (Fsp3) is 0.0909. The lowest BCUT2D eigenvalue weighted by Crippen LogP contribution is -2.16. The number of primary amides is 1. The molecule has 1 heterocycles. The van der Waals surface area contributed by atoms with Crippen molar-refractivity contribution in [2.45, 2.75) is 0 Å². The molecule has 19 heavy (non-hydrogen) atoms. The van der Waals surface area contributed by atoms with Crippen LogP contribution in [-0.2, 0) is 0 Å². The quantitative estimate of drug-likeness (QED) is 0.886. The van der Waals surface area contributed by atoms with Crippen molar-refractivity contribution >= 4 is 23.6 Å².